The molecule has 0 aromatic carbocycles. The molecule has 0 N–H and O–H groups in total. The lowest BCUT2D eigenvalue weighted by Crippen LogP contribution is -1.98. The minimum atomic E-state index is 0.999. The molecule has 44 valence electrons. The molecule has 0 radical (unpaired) electrons. The second-order valence-corrected chi connectivity index (χ2v) is 4.22. The summed E-state index contributed by atoms with van der Waals surface area (Å²) in [6.45, 7) is 4.75. The number of rotatable bonds is 1. The van der Waals surface area contributed by atoms with Crippen LogP contribution in [0.5, 0.6) is 0 Å². The van der Waals surface area contributed by atoms with Crippen LogP contribution < -0.4 is 0 Å². The van der Waals surface area contributed by atoms with Gasteiger partial charge < -0.3 is 0 Å². The Labute approximate surface area is 50.3 Å². The Morgan fingerprint density at radius 2 is 2.12 bits per heavy atom. The van der Waals surface area contributed by atoms with Crippen molar-refractivity contribution in [1.29, 1.82) is 0 Å². The Morgan fingerprint density at radius 1 is 1.50 bits per heavy atom. The number of fused-ring (bicyclic) bond motifs is 1. The van der Waals surface area contributed by atoms with Crippen LogP contribution in [0.3, 0.4) is 0 Å². The molecule has 0 nitrogen and oxygen atoms in total. The number of hydrogen-bond acceptors (Lipinski definition) is 0. The van der Waals surface area contributed by atoms with Crippen molar-refractivity contribution in [1.82, 2.24) is 0 Å². The lowest BCUT2D eigenvalue weighted by molar-refractivity contribution is 0.444. The summed E-state index contributed by atoms with van der Waals surface area (Å²) in [6, 6.07) is 0. The van der Waals surface area contributed by atoms with Crippen LogP contribution in [0.4, 0.5) is 0 Å². The molecule has 0 aromatic rings. The topological polar surface area (TPSA) is 0 Å². The molecule has 0 bridgehead atoms. The van der Waals surface area contributed by atoms with E-state index in [4.69, 9.17) is 0 Å². The molecule has 3 aliphatic rings. The van der Waals surface area contributed by atoms with E-state index in [0.29, 0.717) is 0 Å². The van der Waals surface area contributed by atoms with E-state index in [1.54, 1.807) is 6.42 Å². The Hall–Kier alpha value is 0. The van der Waals surface area contributed by atoms with Gasteiger partial charge in [-0.15, -0.1) is 0 Å². The van der Waals surface area contributed by atoms with Gasteiger partial charge in [0.25, 0.3) is 0 Å². The molecule has 3 rings (SSSR count). The predicted octanol–water partition coefficient (Wildman–Crippen LogP) is 1.91. The summed E-state index contributed by atoms with van der Waals surface area (Å²) in [6.07, 6.45) is 1.61. The molecule has 0 amide bonds. The molecule has 0 heteroatoms. The summed E-state index contributed by atoms with van der Waals surface area (Å²) in [4.78, 5) is 0. The molecule has 0 aromatic heterocycles. The Balaban J connectivity index is 1.83. The van der Waals surface area contributed by atoms with E-state index in [-0.39, 0.29) is 0 Å². The van der Waals surface area contributed by atoms with E-state index in [9.17, 15) is 0 Å². The van der Waals surface area contributed by atoms with Gasteiger partial charge >= 0.3 is 0 Å². The normalized spacial score (nSPS) is 71.6. The van der Waals surface area contributed by atoms with E-state index in [2.05, 4.69) is 13.8 Å². The largest absolute Gasteiger partial charge is 0.0625 e. The highest BCUT2D eigenvalue weighted by atomic mass is 15.0. The van der Waals surface area contributed by atoms with Crippen LogP contribution in [0.25, 0.3) is 0 Å². The second-order valence-electron chi connectivity index (χ2n) is 4.22. The van der Waals surface area contributed by atoms with E-state index in [1.165, 1.54) is 17.8 Å². The van der Waals surface area contributed by atoms with Gasteiger partial charge in [-0.25, -0.2) is 0 Å². The van der Waals surface area contributed by atoms with Crippen molar-refractivity contribution in [3.63, 3.8) is 0 Å². The molecule has 0 saturated heterocycles. The second kappa shape index (κ2) is 0.698. The minimum Gasteiger partial charge on any atom is -0.0625 e. The van der Waals surface area contributed by atoms with Crippen molar-refractivity contribution in [2.75, 3.05) is 0 Å². The number of hydrogen-bond donors (Lipinski definition) is 0. The zero-order valence-corrected chi connectivity index (χ0v) is 5.52. The fourth-order valence-electron chi connectivity index (χ4n) is 3.07. The van der Waals surface area contributed by atoms with Crippen LogP contribution in [-0.2, 0) is 0 Å². The maximum Gasteiger partial charge on any atom is -0.0195 e. The van der Waals surface area contributed by atoms with Crippen LogP contribution >= 0.6 is 0 Å². The maximum atomic E-state index is 2.38. The molecule has 0 aliphatic heterocycles. The van der Waals surface area contributed by atoms with E-state index < -0.39 is 0 Å². The Kier molecular flexibility index (Phi) is 0.342. The third-order valence-corrected chi connectivity index (χ3v) is 3.67. The lowest BCUT2D eigenvalue weighted by Gasteiger charge is -2.04. The van der Waals surface area contributed by atoms with E-state index in [0.717, 1.165) is 11.3 Å². The van der Waals surface area contributed by atoms with E-state index >= 15 is 0 Å². The minimum absolute atomic E-state index is 0.999. The highest BCUT2D eigenvalue weighted by Gasteiger charge is 2.97. The predicted molar refractivity (Wildman–Crippen MR) is 32.4 cm³/mol. The standard InChI is InChI=1S/C8H12/c1-4(2)6-7-5-3-8(5,6)7/h4-7H,3H2,1-2H3. The van der Waals surface area contributed by atoms with Gasteiger partial charge in [0.1, 0.15) is 0 Å². The van der Waals surface area contributed by atoms with Crippen LogP contribution in [0, 0.1) is 29.1 Å². The molecule has 3 fully saturated rings. The van der Waals surface area contributed by atoms with Gasteiger partial charge in [-0.3, -0.25) is 0 Å². The summed E-state index contributed by atoms with van der Waals surface area (Å²) in [5.74, 6) is 4.70. The van der Waals surface area contributed by atoms with Gasteiger partial charge in [-0.2, -0.15) is 0 Å². The van der Waals surface area contributed by atoms with Crippen molar-refractivity contribution in [3.05, 3.63) is 0 Å². The summed E-state index contributed by atoms with van der Waals surface area (Å²) in [5.41, 5.74) is 1.02. The third-order valence-electron chi connectivity index (χ3n) is 3.67. The van der Waals surface area contributed by atoms with Crippen molar-refractivity contribution < 1.29 is 0 Å². The third kappa shape index (κ3) is 0.178. The first-order chi connectivity index (χ1) is 3.78. The molecular formula is C8H12. The Morgan fingerprint density at radius 3 is 2.25 bits per heavy atom. The first-order valence-corrected chi connectivity index (χ1v) is 3.78. The molecule has 4 atom stereocenters. The maximum absolute atomic E-state index is 2.38. The molecule has 1 spiro atoms. The van der Waals surface area contributed by atoms with Crippen LogP contribution in [0.15, 0.2) is 0 Å². The van der Waals surface area contributed by atoms with Crippen molar-refractivity contribution in [3.8, 4) is 0 Å². The fourth-order valence-corrected chi connectivity index (χ4v) is 3.07. The van der Waals surface area contributed by atoms with Gasteiger partial charge in [0.05, 0.1) is 0 Å². The zero-order chi connectivity index (χ0) is 5.52. The lowest BCUT2D eigenvalue weighted by atomic mass is 10.0. The summed E-state index contributed by atoms with van der Waals surface area (Å²) >= 11 is 0. The Bertz CT molecular complexity index is 157. The van der Waals surface area contributed by atoms with Crippen LogP contribution in [0.1, 0.15) is 20.3 Å². The molecule has 8 heavy (non-hydrogen) atoms. The van der Waals surface area contributed by atoms with Gasteiger partial charge in [0.2, 0.25) is 0 Å². The molecular weight excluding hydrogens is 96.1 g/mol. The quantitative estimate of drug-likeness (QED) is 0.481. The highest BCUT2D eigenvalue weighted by Crippen LogP contribution is 3.01. The highest BCUT2D eigenvalue weighted by molar-refractivity contribution is 5.44. The molecule has 3 aliphatic carbocycles. The summed E-state index contributed by atoms with van der Waals surface area (Å²) in [5, 5.41) is 0. The van der Waals surface area contributed by atoms with Gasteiger partial charge in [-0.1, -0.05) is 13.8 Å². The smallest absolute Gasteiger partial charge is 0.0195 e. The monoisotopic (exact) mass is 108 g/mol. The first kappa shape index (κ1) is 3.92. The van der Waals surface area contributed by atoms with Gasteiger partial charge in [0.15, 0.2) is 0 Å². The molecule has 4 unspecified atom stereocenters. The molecule has 0 heterocycles. The van der Waals surface area contributed by atoms with Gasteiger partial charge in [0, 0.05) is 0 Å². The molecule has 3 saturated carbocycles. The van der Waals surface area contributed by atoms with E-state index in [1.807, 2.05) is 0 Å². The average Bonchev–Trinajstić information content (AvgIpc) is 2.40. The first-order valence-electron chi connectivity index (χ1n) is 3.78. The van der Waals surface area contributed by atoms with Crippen molar-refractivity contribution >= 4 is 0 Å². The fraction of sp³-hybridized carbons (Fsp3) is 1.00. The van der Waals surface area contributed by atoms with Crippen LogP contribution in [0.2, 0.25) is 0 Å². The average molecular weight is 108 g/mol. The van der Waals surface area contributed by atoms with Gasteiger partial charge in [-0.05, 0) is 35.5 Å². The summed E-state index contributed by atoms with van der Waals surface area (Å²) in [7, 11) is 0. The van der Waals surface area contributed by atoms with Crippen LogP contribution in [-0.4, -0.2) is 0 Å². The summed E-state index contributed by atoms with van der Waals surface area (Å²) < 4.78 is 0. The van der Waals surface area contributed by atoms with Crippen molar-refractivity contribution in [2.45, 2.75) is 20.3 Å². The van der Waals surface area contributed by atoms with Crippen molar-refractivity contribution in [2.24, 2.45) is 29.1 Å². The SMILES string of the molecule is CC(C)C1C2C3CC312. The zero-order valence-electron chi connectivity index (χ0n) is 5.52.